The van der Waals surface area contributed by atoms with Crippen molar-refractivity contribution >= 4 is 39.5 Å². The van der Waals surface area contributed by atoms with Crippen LogP contribution in [0.15, 0.2) is 0 Å². The molecular weight excluding hydrogens is 1430 g/mol. The van der Waals surface area contributed by atoms with E-state index in [1.54, 1.807) is 0 Å². The number of rotatable bonds is 90. The highest BCUT2D eigenvalue weighted by Gasteiger charge is 2.31. The average Bonchev–Trinajstić information content (AvgIpc) is 0.898. The first-order chi connectivity index (χ1) is 53.4. The molecule has 0 saturated carbocycles. The molecule has 0 heterocycles. The Balaban J connectivity index is 5.25. The molecule has 0 amide bonds. The van der Waals surface area contributed by atoms with Crippen LogP contribution in [0.2, 0.25) is 0 Å². The van der Waals surface area contributed by atoms with Gasteiger partial charge in [-0.1, -0.05) is 440 Å². The van der Waals surface area contributed by atoms with Crippen molar-refractivity contribution < 1.29 is 80.2 Å². The number of esters is 4. The van der Waals surface area contributed by atoms with Crippen molar-refractivity contribution in [2.24, 2.45) is 11.8 Å². The van der Waals surface area contributed by atoms with Gasteiger partial charge >= 0.3 is 39.5 Å². The van der Waals surface area contributed by atoms with Crippen molar-refractivity contribution in [1.82, 2.24) is 0 Å². The van der Waals surface area contributed by atoms with Gasteiger partial charge in [0.15, 0.2) is 12.2 Å². The largest absolute Gasteiger partial charge is 0.472 e. The fraction of sp³-hybridized carbons (Fsp3) is 0.956. The predicted octanol–water partition coefficient (Wildman–Crippen LogP) is 28.2. The van der Waals surface area contributed by atoms with E-state index in [9.17, 15) is 43.2 Å². The second-order valence-corrected chi connectivity index (χ2v) is 36.3. The zero-order chi connectivity index (χ0) is 80.6. The summed E-state index contributed by atoms with van der Waals surface area (Å²) < 4.78 is 69.1. The summed E-state index contributed by atoms with van der Waals surface area (Å²) >= 11 is 0. The van der Waals surface area contributed by atoms with Crippen LogP contribution in [0.4, 0.5) is 0 Å². The molecule has 0 rings (SSSR count). The first kappa shape index (κ1) is 108. The summed E-state index contributed by atoms with van der Waals surface area (Å²) in [4.78, 5) is 73.4. The van der Waals surface area contributed by atoms with Gasteiger partial charge in [0.25, 0.3) is 0 Å². The van der Waals surface area contributed by atoms with Gasteiger partial charge in [-0.15, -0.1) is 0 Å². The number of unbranched alkanes of at least 4 members (excludes halogenated alkanes) is 59. The fourth-order valence-corrected chi connectivity index (χ4v) is 15.9. The molecule has 0 fully saturated rings. The summed E-state index contributed by atoms with van der Waals surface area (Å²) in [6.07, 6.45) is 76.4. The van der Waals surface area contributed by atoms with Crippen molar-refractivity contribution in [2.75, 3.05) is 39.6 Å². The molecule has 0 aromatic rings. The van der Waals surface area contributed by atoms with Crippen LogP contribution in [0.1, 0.15) is 491 Å². The Morgan fingerprint density at radius 3 is 0.691 bits per heavy atom. The van der Waals surface area contributed by atoms with Crippen LogP contribution >= 0.6 is 15.6 Å². The highest BCUT2D eigenvalue weighted by atomic mass is 31.2. The number of hydrogen-bond acceptors (Lipinski definition) is 15. The van der Waals surface area contributed by atoms with Crippen molar-refractivity contribution in [3.8, 4) is 0 Å². The van der Waals surface area contributed by atoms with Crippen molar-refractivity contribution in [2.45, 2.75) is 509 Å². The molecule has 19 heteroatoms. The topological polar surface area (TPSA) is 237 Å². The van der Waals surface area contributed by atoms with Crippen LogP contribution in [0.25, 0.3) is 0 Å². The fourth-order valence-electron chi connectivity index (χ4n) is 14.3. The first-order valence-electron chi connectivity index (χ1n) is 47.0. The number of carbonyl (C=O) groups is 4. The monoisotopic (exact) mass is 1610 g/mol. The maximum Gasteiger partial charge on any atom is 0.472 e. The van der Waals surface area contributed by atoms with E-state index in [0.717, 1.165) is 102 Å². The van der Waals surface area contributed by atoms with Gasteiger partial charge in [0.2, 0.25) is 0 Å². The summed E-state index contributed by atoms with van der Waals surface area (Å²) in [5, 5.41) is 10.7. The number of ether oxygens (including phenoxy) is 4. The third-order valence-corrected chi connectivity index (χ3v) is 23.7. The van der Waals surface area contributed by atoms with E-state index in [1.165, 1.54) is 308 Å². The molecule has 654 valence electrons. The second kappa shape index (κ2) is 82.2. The lowest BCUT2D eigenvalue weighted by Gasteiger charge is -2.21. The number of phosphoric acid groups is 2. The molecule has 0 saturated heterocycles. The van der Waals surface area contributed by atoms with E-state index in [4.69, 9.17) is 37.0 Å². The number of hydrogen-bond donors (Lipinski definition) is 3. The minimum atomic E-state index is -4.97. The van der Waals surface area contributed by atoms with E-state index in [1.807, 2.05) is 0 Å². The second-order valence-electron chi connectivity index (χ2n) is 33.4. The van der Waals surface area contributed by atoms with Gasteiger partial charge < -0.3 is 33.8 Å². The van der Waals surface area contributed by atoms with E-state index in [2.05, 4.69) is 41.5 Å². The summed E-state index contributed by atoms with van der Waals surface area (Å²) in [7, 11) is -9.94. The Bertz CT molecular complexity index is 2100. The van der Waals surface area contributed by atoms with Gasteiger partial charge in [-0.3, -0.25) is 37.3 Å². The highest BCUT2D eigenvalue weighted by Crippen LogP contribution is 2.45. The smallest absolute Gasteiger partial charge is 0.462 e. The number of carbonyl (C=O) groups excluding carboxylic acids is 4. The quantitative estimate of drug-likeness (QED) is 0.0222. The SMILES string of the molecule is CCCCCCCCCCCCCCCCCCCCCCCC(=O)O[C@H](COC(=O)CCCCCCCCCCCCCCCCCCCCC)COP(=O)(O)OC[C@@H](O)COP(=O)(O)OC[C@@H](COC(=O)CCCCCCCCCCC(C)CC)OC(=O)CCCCCCCCCCCCCCCCCC(C)C. The Kier molecular flexibility index (Phi) is 80.7. The van der Waals surface area contributed by atoms with E-state index in [-0.39, 0.29) is 25.7 Å². The summed E-state index contributed by atoms with van der Waals surface area (Å²) in [5.74, 6) is -0.516. The highest BCUT2D eigenvalue weighted by molar-refractivity contribution is 7.47. The molecule has 17 nitrogen and oxygen atoms in total. The molecule has 0 aromatic heterocycles. The molecule has 110 heavy (non-hydrogen) atoms. The van der Waals surface area contributed by atoms with Crippen LogP contribution in [0.5, 0.6) is 0 Å². The molecule has 0 spiro atoms. The molecule has 0 aliphatic rings. The third kappa shape index (κ3) is 82.6. The minimum Gasteiger partial charge on any atom is -0.462 e. The van der Waals surface area contributed by atoms with E-state index < -0.39 is 97.5 Å². The van der Waals surface area contributed by atoms with Crippen LogP contribution in [0, 0.1) is 11.8 Å². The van der Waals surface area contributed by atoms with Crippen LogP contribution < -0.4 is 0 Å². The molecule has 6 atom stereocenters. The Morgan fingerprint density at radius 1 is 0.264 bits per heavy atom. The van der Waals surface area contributed by atoms with Gasteiger partial charge in [0.1, 0.15) is 19.3 Å². The molecular formula is C91H178O17P2. The number of aliphatic hydroxyl groups excluding tert-OH is 1. The van der Waals surface area contributed by atoms with Gasteiger partial charge in [-0.2, -0.15) is 0 Å². The zero-order valence-electron chi connectivity index (χ0n) is 72.6. The molecule has 0 aliphatic heterocycles. The maximum atomic E-state index is 13.2. The van der Waals surface area contributed by atoms with Crippen molar-refractivity contribution in [3.05, 3.63) is 0 Å². The van der Waals surface area contributed by atoms with Gasteiger partial charge in [-0.05, 0) is 37.5 Å². The third-order valence-electron chi connectivity index (χ3n) is 21.8. The standard InChI is InChI=1S/C91H178O17P2/c1-7-10-12-14-16-18-20-22-24-26-28-29-31-33-37-41-45-49-57-63-69-75-90(95)107-86(79-101-88(93)73-67-61-55-48-44-40-36-32-30-27-25-23-21-19-17-15-13-11-8-2)81-105-109(97,98)103-77-85(92)78-104-110(99,100)106-82-87(80-102-89(94)74-68-62-56-52-51-54-60-66-72-84(6)9-3)108-91(96)76-70-64-58-50-46-42-38-34-35-39-43-47-53-59-65-71-83(4)5/h83-87,92H,7-82H2,1-6H3,(H,97,98)(H,99,100)/t84?,85-,86-,87-/m1/s1. The first-order valence-corrected chi connectivity index (χ1v) is 50.0. The number of phosphoric ester groups is 2. The summed E-state index contributed by atoms with van der Waals surface area (Å²) in [6, 6.07) is 0. The summed E-state index contributed by atoms with van der Waals surface area (Å²) in [6.45, 7) is 9.73. The van der Waals surface area contributed by atoms with Crippen LogP contribution in [0.3, 0.4) is 0 Å². The lowest BCUT2D eigenvalue weighted by Crippen LogP contribution is -2.30. The zero-order valence-corrected chi connectivity index (χ0v) is 74.4. The Morgan fingerprint density at radius 2 is 0.464 bits per heavy atom. The number of aliphatic hydroxyl groups is 1. The molecule has 0 bridgehead atoms. The maximum absolute atomic E-state index is 13.2. The lowest BCUT2D eigenvalue weighted by molar-refractivity contribution is -0.161. The van der Waals surface area contributed by atoms with Crippen LogP contribution in [-0.2, 0) is 65.4 Å². The van der Waals surface area contributed by atoms with Crippen molar-refractivity contribution in [1.29, 1.82) is 0 Å². The Hall–Kier alpha value is -1.94. The molecule has 0 aromatic carbocycles. The molecule has 0 aliphatic carbocycles. The Labute approximate surface area is 677 Å². The average molecular weight is 1610 g/mol. The minimum absolute atomic E-state index is 0.108. The van der Waals surface area contributed by atoms with E-state index >= 15 is 0 Å². The molecule has 0 radical (unpaired) electrons. The van der Waals surface area contributed by atoms with Crippen molar-refractivity contribution in [3.63, 3.8) is 0 Å². The normalized spacial score (nSPS) is 14.0. The van der Waals surface area contributed by atoms with Gasteiger partial charge in [-0.25, -0.2) is 9.13 Å². The van der Waals surface area contributed by atoms with Gasteiger partial charge in [0, 0.05) is 25.7 Å². The van der Waals surface area contributed by atoms with E-state index in [0.29, 0.717) is 25.7 Å². The van der Waals surface area contributed by atoms with Gasteiger partial charge in [0.05, 0.1) is 26.4 Å². The lowest BCUT2D eigenvalue weighted by atomic mass is 9.99. The predicted molar refractivity (Wildman–Crippen MR) is 455 cm³/mol. The molecule has 3 unspecified atom stereocenters. The molecule has 3 N–H and O–H groups in total. The summed E-state index contributed by atoms with van der Waals surface area (Å²) in [5.41, 5.74) is 0. The van der Waals surface area contributed by atoms with Crippen LogP contribution in [-0.4, -0.2) is 96.7 Å².